The summed E-state index contributed by atoms with van der Waals surface area (Å²) >= 11 is 0. The van der Waals surface area contributed by atoms with Gasteiger partial charge < -0.3 is 15.5 Å². The normalized spacial score (nSPS) is 11.1. The van der Waals surface area contributed by atoms with Crippen molar-refractivity contribution in [2.45, 2.75) is 12.6 Å². The molecular formula is C14H18Cl2N2O2. The van der Waals surface area contributed by atoms with Crippen LogP contribution >= 0.6 is 24.8 Å². The van der Waals surface area contributed by atoms with Gasteiger partial charge in [-0.25, -0.2) is 0 Å². The van der Waals surface area contributed by atoms with Crippen molar-refractivity contribution in [1.82, 2.24) is 10.3 Å². The van der Waals surface area contributed by atoms with Gasteiger partial charge in [-0.15, -0.1) is 24.8 Å². The number of aliphatic hydroxyl groups is 1. The van der Waals surface area contributed by atoms with Gasteiger partial charge in [0.2, 0.25) is 0 Å². The molecule has 2 aromatic rings. The summed E-state index contributed by atoms with van der Waals surface area (Å²) in [7, 11) is 0. The molecule has 0 saturated heterocycles. The number of aromatic nitrogens is 1. The highest BCUT2D eigenvalue weighted by Crippen LogP contribution is 2.17. The highest BCUT2D eigenvalue weighted by molar-refractivity contribution is 5.85. The Kier molecular flexibility index (Phi) is 8.92. The van der Waals surface area contributed by atoms with Crippen LogP contribution in [0.25, 0.3) is 0 Å². The second-order valence-corrected chi connectivity index (χ2v) is 4.10. The number of nitrogens with zero attached hydrogens (tertiary/aromatic N) is 1. The number of aliphatic hydroxyl groups excluding tert-OH is 1. The molecule has 0 aliphatic heterocycles. The van der Waals surface area contributed by atoms with Gasteiger partial charge in [0, 0.05) is 25.5 Å². The van der Waals surface area contributed by atoms with E-state index >= 15 is 0 Å². The van der Waals surface area contributed by atoms with Crippen LogP contribution in [0.5, 0.6) is 5.75 Å². The topological polar surface area (TPSA) is 65.4 Å². The third-order valence-corrected chi connectivity index (χ3v) is 2.64. The predicted octanol–water partition coefficient (Wildman–Crippen LogP) is 2.45. The fraction of sp³-hybridized carbons (Fsp3) is 0.214. The van der Waals surface area contributed by atoms with E-state index < -0.39 is 6.10 Å². The van der Waals surface area contributed by atoms with Crippen molar-refractivity contribution in [2.24, 2.45) is 0 Å². The lowest BCUT2D eigenvalue weighted by Crippen LogP contribution is -2.21. The molecule has 0 spiro atoms. The van der Waals surface area contributed by atoms with E-state index in [1.54, 1.807) is 36.7 Å². The highest BCUT2D eigenvalue weighted by atomic mass is 35.5. The van der Waals surface area contributed by atoms with Crippen LogP contribution in [0, 0.1) is 0 Å². The lowest BCUT2D eigenvalue weighted by atomic mass is 10.1. The smallest absolute Gasteiger partial charge is 0.115 e. The van der Waals surface area contributed by atoms with Crippen LogP contribution in [-0.4, -0.2) is 21.7 Å². The van der Waals surface area contributed by atoms with Crippen molar-refractivity contribution in [2.75, 3.05) is 6.54 Å². The number of hydrogen-bond donors (Lipinski definition) is 3. The second-order valence-electron chi connectivity index (χ2n) is 4.10. The lowest BCUT2D eigenvalue weighted by molar-refractivity contribution is 0.174. The number of rotatable bonds is 5. The Morgan fingerprint density at radius 1 is 1.15 bits per heavy atom. The Labute approximate surface area is 130 Å². The average molecular weight is 317 g/mol. The van der Waals surface area contributed by atoms with E-state index in [-0.39, 0.29) is 30.6 Å². The first-order valence-electron chi connectivity index (χ1n) is 5.82. The van der Waals surface area contributed by atoms with Crippen LogP contribution in [0.2, 0.25) is 0 Å². The fourth-order valence-electron chi connectivity index (χ4n) is 1.71. The Bertz CT molecular complexity index is 498. The number of pyridine rings is 1. The minimum absolute atomic E-state index is 0. The fourth-order valence-corrected chi connectivity index (χ4v) is 1.71. The third-order valence-electron chi connectivity index (χ3n) is 2.64. The molecule has 0 saturated carbocycles. The molecule has 1 atom stereocenters. The van der Waals surface area contributed by atoms with E-state index in [4.69, 9.17) is 0 Å². The van der Waals surface area contributed by atoms with Crippen LogP contribution in [-0.2, 0) is 6.54 Å². The minimum atomic E-state index is -0.631. The molecule has 1 heterocycles. The SMILES string of the molecule is Cl.Cl.Oc1cccc(C(O)CNCc2cccnc2)c1. The van der Waals surface area contributed by atoms with Crippen LogP contribution in [0.3, 0.4) is 0 Å². The van der Waals surface area contributed by atoms with Gasteiger partial charge in [-0.05, 0) is 29.3 Å². The molecule has 1 aromatic heterocycles. The molecule has 1 unspecified atom stereocenters. The molecule has 0 radical (unpaired) electrons. The van der Waals surface area contributed by atoms with Gasteiger partial charge in [0.1, 0.15) is 5.75 Å². The summed E-state index contributed by atoms with van der Waals surface area (Å²) in [4.78, 5) is 4.02. The molecule has 2 rings (SSSR count). The molecular weight excluding hydrogens is 299 g/mol. The van der Waals surface area contributed by atoms with Gasteiger partial charge >= 0.3 is 0 Å². The Hall–Kier alpha value is -1.33. The maximum atomic E-state index is 9.93. The first-order chi connectivity index (χ1) is 8.75. The van der Waals surface area contributed by atoms with Crippen molar-refractivity contribution >= 4 is 24.8 Å². The maximum Gasteiger partial charge on any atom is 0.115 e. The van der Waals surface area contributed by atoms with Crippen molar-refractivity contribution in [3.05, 3.63) is 59.9 Å². The number of phenols is 1. The van der Waals surface area contributed by atoms with Gasteiger partial charge in [0.15, 0.2) is 0 Å². The first-order valence-corrected chi connectivity index (χ1v) is 5.82. The average Bonchev–Trinajstić information content (AvgIpc) is 2.40. The quantitative estimate of drug-likeness (QED) is 0.792. The molecule has 6 heteroatoms. The summed E-state index contributed by atoms with van der Waals surface area (Å²) in [5.41, 5.74) is 1.77. The largest absolute Gasteiger partial charge is 0.508 e. The predicted molar refractivity (Wildman–Crippen MR) is 83.5 cm³/mol. The number of halogens is 2. The summed E-state index contributed by atoms with van der Waals surface area (Å²) in [5, 5.41) is 22.4. The maximum absolute atomic E-state index is 9.93. The number of phenolic OH excluding ortho intramolecular Hbond substituents is 1. The number of benzene rings is 1. The van der Waals surface area contributed by atoms with E-state index in [1.165, 1.54) is 0 Å². The molecule has 20 heavy (non-hydrogen) atoms. The van der Waals surface area contributed by atoms with Crippen LogP contribution in [0.4, 0.5) is 0 Å². The Morgan fingerprint density at radius 2 is 1.95 bits per heavy atom. The zero-order valence-corrected chi connectivity index (χ0v) is 12.4. The molecule has 0 bridgehead atoms. The summed E-state index contributed by atoms with van der Waals surface area (Å²) in [6.45, 7) is 1.09. The Balaban J connectivity index is 0.00000180. The highest BCUT2D eigenvalue weighted by Gasteiger charge is 2.07. The van der Waals surface area contributed by atoms with Crippen LogP contribution in [0.15, 0.2) is 48.8 Å². The third kappa shape index (κ3) is 5.75. The molecule has 0 amide bonds. The van der Waals surface area contributed by atoms with Crippen LogP contribution < -0.4 is 5.32 Å². The van der Waals surface area contributed by atoms with Crippen LogP contribution in [0.1, 0.15) is 17.2 Å². The molecule has 0 fully saturated rings. The van der Waals surface area contributed by atoms with Gasteiger partial charge in [-0.2, -0.15) is 0 Å². The standard InChI is InChI=1S/C14H16N2O2.2ClH/c17-13-5-1-4-12(7-13)14(18)10-16-9-11-3-2-6-15-8-11;;/h1-8,14,16-18H,9-10H2;2*1H. The van der Waals surface area contributed by atoms with Gasteiger partial charge in [0.05, 0.1) is 6.10 Å². The van der Waals surface area contributed by atoms with E-state index in [0.717, 1.165) is 5.56 Å². The molecule has 0 aliphatic rings. The van der Waals surface area contributed by atoms with Crippen molar-refractivity contribution in [3.63, 3.8) is 0 Å². The summed E-state index contributed by atoms with van der Waals surface area (Å²) < 4.78 is 0. The van der Waals surface area contributed by atoms with E-state index in [2.05, 4.69) is 10.3 Å². The van der Waals surface area contributed by atoms with E-state index in [9.17, 15) is 10.2 Å². The monoisotopic (exact) mass is 316 g/mol. The van der Waals surface area contributed by atoms with Crippen molar-refractivity contribution in [3.8, 4) is 5.75 Å². The van der Waals surface area contributed by atoms with Crippen molar-refractivity contribution < 1.29 is 10.2 Å². The molecule has 110 valence electrons. The number of hydrogen-bond acceptors (Lipinski definition) is 4. The lowest BCUT2D eigenvalue weighted by Gasteiger charge is -2.12. The molecule has 0 aliphatic carbocycles. The summed E-state index contributed by atoms with van der Waals surface area (Å²) in [5.74, 6) is 0.166. The Morgan fingerprint density at radius 3 is 2.60 bits per heavy atom. The first kappa shape index (κ1) is 18.7. The molecule has 3 N–H and O–H groups in total. The van der Waals surface area contributed by atoms with Gasteiger partial charge in [-0.3, -0.25) is 4.98 Å². The zero-order chi connectivity index (χ0) is 12.8. The van der Waals surface area contributed by atoms with Gasteiger partial charge in [0.25, 0.3) is 0 Å². The molecule has 4 nitrogen and oxygen atoms in total. The van der Waals surface area contributed by atoms with Gasteiger partial charge in [-0.1, -0.05) is 18.2 Å². The van der Waals surface area contributed by atoms with E-state index in [1.807, 2.05) is 12.1 Å². The van der Waals surface area contributed by atoms with Crippen molar-refractivity contribution in [1.29, 1.82) is 0 Å². The number of nitrogens with one attached hydrogen (secondary N) is 1. The summed E-state index contributed by atoms with van der Waals surface area (Å²) in [6, 6.07) is 10.5. The minimum Gasteiger partial charge on any atom is -0.508 e. The second kappa shape index (κ2) is 9.55. The molecule has 1 aromatic carbocycles. The summed E-state index contributed by atoms with van der Waals surface area (Å²) in [6.07, 6.45) is 2.88. The van der Waals surface area contributed by atoms with E-state index in [0.29, 0.717) is 18.7 Å². The number of aromatic hydroxyl groups is 1. The zero-order valence-electron chi connectivity index (χ0n) is 10.8.